The zero-order valence-electron chi connectivity index (χ0n) is 18.0. The van der Waals surface area contributed by atoms with Gasteiger partial charge in [0, 0.05) is 25.7 Å². The number of carbonyl (C=O) groups excluding carboxylic acids is 1. The van der Waals surface area contributed by atoms with E-state index in [0.717, 1.165) is 51.5 Å². The molecule has 7 heteroatoms. The van der Waals surface area contributed by atoms with Crippen molar-refractivity contribution in [1.82, 2.24) is 9.21 Å². The molecule has 0 aromatic heterocycles. The van der Waals surface area contributed by atoms with Gasteiger partial charge in [0.25, 0.3) is 5.91 Å². The number of benzene rings is 1. The highest BCUT2D eigenvalue weighted by molar-refractivity contribution is 7.89. The first-order chi connectivity index (χ1) is 14.5. The molecule has 2 unspecified atom stereocenters. The molecule has 0 bridgehead atoms. The summed E-state index contributed by atoms with van der Waals surface area (Å²) < 4.78 is 33.6. The van der Waals surface area contributed by atoms with E-state index < -0.39 is 10.0 Å². The van der Waals surface area contributed by atoms with Gasteiger partial charge in [0.2, 0.25) is 10.0 Å². The molecule has 1 aromatic rings. The molecule has 4 rings (SSSR count). The Balaban J connectivity index is 1.65. The van der Waals surface area contributed by atoms with Crippen molar-refractivity contribution in [2.45, 2.75) is 75.1 Å². The van der Waals surface area contributed by atoms with E-state index in [4.69, 9.17) is 4.74 Å². The minimum atomic E-state index is -3.61. The summed E-state index contributed by atoms with van der Waals surface area (Å²) in [5.74, 6) is 0.940. The highest BCUT2D eigenvalue weighted by atomic mass is 32.2. The maximum atomic E-state index is 13.6. The van der Waals surface area contributed by atoms with Gasteiger partial charge < -0.3 is 9.64 Å². The van der Waals surface area contributed by atoms with Gasteiger partial charge in [-0.3, -0.25) is 4.79 Å². The predicted molar refractivity (Wildman–Crippen MR) is 116 cm³/mol. The number of amides is 1. The lowest BCUT2D eigenvalue weighted by molar-refractivity contribution is 0.0387. The number of carbonyl (C=O) groups is 1. The van der Waals surface area contributed by atoms with E-state index >= 15 is 0 Å². The third-order valence-corrected chi connectivity index (χ3v) is 9.00. The van der Waals surface area contributed by atoms with E-state index in [1.165, 1.54) is 26.4 Å². The smallest absolute Gasteiger partial charge is 0.257 e. The Labute approximate surface area is 180 Å². The van der Waals surface area contributed by atoms with Crippen molar-refractivity contribution in [3.8, 4) is 5.75 Å². The summed E-state index contributed by atoms with van der Waals surface area (Å²) in [4.78, 5) is 15.8. The quantitative estimate of drug-likeness (QED) is 0.717. The van der Waals surface area contributed by atoms with E-state index in [0.29, 0.717) is 30.3 Å². The molecule has 2 aliphatic heterocycles. The number of ether oxygens (including phenoxy) is 1. The first-order valence-corrected chi connectivity index (χ1v) is 13.0. The number of rotatable bonds is 4. The number of nitrogens with zero attached hydrogens (tertiary/aromatic N) is 2. The number of likely N-dealkylation sites (tertiary alicyclic amines) is 1. The molecule has 166 valence electrons. The van der Waals surface area contributed by atoms with Crippen LogP contribution in [0.15, 0.2) is 23.1 Å². The van der Waals surface area contributed by atoms with Crippen molar-refractivity contribution in [2.24, 2.45) is 5.92 Å². The molecule has 1 saturated carbocycles. The van der Waals surface area contributed by atoms with Crippen LogP contribution in [0.3, 0.4) is 0 Å². The van der Waals surface area contributed by atoms with Crippen LogP contribution < -0.4 is 4.74 Å². The average Bonchev–Trinajstić information content (AvgIpc) is 3.08. The van der Waals surface area contributed by atoms with Gasteiger partial charge in [-0.15, -0.1) is 0 Å². The molecule has 3 fully saturated rings. The summed E-state index contributed by atoms with van der Waals surface area (Å²) in [5.41, 5.74) is 0.375. The van der Waals surface area contributed by atoms with Crippen LogP contribution >= 0.6 is 0 Å². The number of piperidine rings is 1. The van der Waals surface area contributed by atoms with Crippen molar-refractivity contribution >= 4 is 15.9 Å². The topological polar surface area (TPSA) is 66.9 Å². The van der Waals surface area contributed by atoms with Crippen molar-refractivity contribution in [1.29, 1.82) is 0 Å². The summed E-state index contributed by atoms with van der Waals surface area (Å²) in [6.45, 7) is 1.84. The Kier molecular flexibility index (Phi) is 6.68. The molecule has 0 N–H and O–H groups in total. The second-order valence-electron chi connectivity index (χ2n) is 8.93. The Morgan fingerprint density at radius 1 is 0.933 bits per heavy atom. The van der Waals surface area contributed by atoms with Crippen LogP contribution in [0.5, 0.6) is 5.75 Å². The Hall–Kier alpha value is -1.60. The van der Waals surface area contributed by atoms with Crippen LogP contribution in [0.25, 0.3) is 0 Å². The monoisotopic (exact) mass is 434 g/mol. The second kappa shape index (κ2) is 9.27. The maximum absolute atomic E-state index is 13.6. The molecule has 1 aliphatic carbocycles. The Bertz CT molecular complexity index is 860. The number of fused-ring (bicyclic) bond motifs is 1. The van der Waals surface area contributed by atoms with Crippen LogP contribution in [0.1, 0.15) is 74.6 Å². The van der Waals surface area contributed by atoms with Crippen molar-refractivity contribution in [3.05, 3.63) is 23.8 Å². The predicted octanol–water partition coefficient (Wildman–Crippen LogP) is 4.05. The molecule has 30 heavy (non-hydrogen) atoms. The van der Waals surface area contributed by atoms with E-state index in [1.807, 2.05) is 4.90 Å². The van der Waals surface area contributed by atoms with Gasteiger partial charge in [0.15, 0.2) is 0 Å². The fourth-order valence-corrected chi connectivity index (χ4v) is 7.02. The fraction of sp³-hybridized carbons (Fsp3) is 0.696. The number of methoxy groups -OCH3 is 1. The summed E-state index contributed by atoms with van der Waals surface area (Å²) in [6.07, 6.45) is 10.7. The summed E-state index contributed by atoms with van der Waals surface area (Å²) in [7, 11) is -2.08. The van der Waals surface area contributed by atoms with Crippen molar-refractivity contribution < 1.29 is 17.9 Å². The van der Waals surface area contributed by atoms with Gasteiger partial charge in [-0.1, -0.05) is 25.7 Å². The Morgan fingerprint density at radius 3 is 2.37 bits per heavy atom. The van der Waals surface area contributed by atoms with Crippen LogP contribution in [-0.4, -0.2) is 56.3 Å². The lowest BCUT2D eigenvalue weighted by Gasteiger charge is -2.44. The van der Waals surface area contributed by atoms with Crippen molar-refractivity contribution in [3.63, 3.8) is 0 Å². The van der Waals surface area contributed by atoms with Crippen LogP contribution in [-0.2, 0) is 10.0 Å². The fourth-order valence-electron chi connectivity index (χ4n) is 5.48. The molecule has 2 heterocycles. The highest BCUT2D eigenvalue weighted by Crippen LogP contribution is 2.37. The summed E-state index contributed by atoms with van der Waals surface area (Å²) in [5, 5.41) is 0. The molecule has 1 amide bonds. The number of hydrogen-bond donors (Lipinski definition) is 0. The van der Waals surface area contributed by atoms with Gasteiger partial charge in [-0.2, -0.15) is 4.31 Å². The van der Waals surface area contributed by atoms with Gasteiger partial charge in [0.1, 0.15) is 5.75 Å². The molecule has 0 spiro atoms. The number of hydrogen-bond acceptors (Lipinski definition) is 4. The summed E-state index contributed by atoms with van der Waals surface area (Å²) in [6, 6.07) is 5.04. The van der Waals surface area contributed by atoms with E-state index in [2.05, 4.69) is 0 Å². The Morgan fingerprint density at radius 2 is 1.63 bits per heavy atom. The third kappa shape index (κ3) is 4.24. The lowest BCUT2D eigenvalue weighted by Crippen LogP contribution is -2.49. The minimum Gasteiger partial charge on any atom is -0.496 e. The van der Waals surface area contributed by atoms with E-state index in [1.54, 1.807) is 22.5 Å². The zero-order chi connectivity index (χ0) is 21.1. The van der Waals surface area contributed by atoms with E-state index in [-0.39, 0.29) is 16.8 Å². The number of sulfonamides is 1. The first kappa shape index (κ1) is 21.6. The maximum Gasteiger partial charge on any atom is 0.257 e. The van der Waals surface area contributed by atoms with Gasteiger partial charge >= 0.3 is 0 Å². The van der Waals surface area contributed by atoms with Gasteiger partial charge in [-0.25, -0.2) is 8.42 Å². The molecular formula is C23H34N2O4S. The lowest BCUT2D eigenvalue weighted by atomic mass is 9.78. The van der Waals surface area contributed by atoms with Crippen LogP contribution in [0.2, 0.25) is 0 Å². The van der Waals surface area contributed by atoms with E-state index in [9.17, 15) is 13.2 Å². The van der Waals surface area contributed by atoms with Crippen LogP contribution in [0, 0.1) is 5.92 Å². The molecular weight excluding hydrogens is 400 g/mol. The third-order valence-electron chi connectivity index (χ3n) is 7.11. The summed E-state index contributed by atoms with van der Waals surface area (Å²) >= 11 is 0. The molecule has 2 saturated heterocycles. The minimum absolute atomic E-state index is 0.0867. The highest BCUT2D eigenvalue weighted by Gasteiger charge is 2.37. The molecule has 3 aliphatic rings. The van der Waals surface area contributed by atoms with Crippen molar-refractivity contribution in [2.75, 3.05) is 26.7 Å². The molecule has 2 atom stereocenters. The SMILES string of the molecule is COc1ccc(S(=O)(=O)N2CCCCCC2)cc1C(=O)N1CCCC2CCCCC21. The average molecular weight is 435 g/mol. The first-order valence-electron chi connectivity index (χ1n) is 11.5. The molecule has 6 nitrogen and oxygen atoms in total. The second-order valence-corrected chi connectivity index (χ2v) is 10.9. The van der Waals surface area contributed by atoms with Gasteiger partial charge in [0.05, 0.1) is 17.6 Å². The van der Waals surface area contributed by atoms with Gasteiger partial charge in [-0.05, 0) is 62.6 Å². The standard InChI is InChI=1S/C23H34N2O4S/c1-29-22-13-12-19(30(27,28)24-14-6-2-3-7-15-24)17-20(22)23(26)25-16-8-10-18-9-4-5-11-21(18)25/h12-13,17-18,21H,2-11,14-16H2,1H3. The normalized spacial score (nSPS) is 26.0. The zero-order valence-corrected chi connectivity index (χ0v) is 18.8. The molecule has 1 aromatic carbocycles. The van der Waals surface area contributed by atoms with Crippen LogP contribution in [0.4, 0.5) is 0 Å². The largest absolute Gasteiger partial charge is 0.496 e. The molecule has 0 radical (unpaired) electrons.